The summed E-state index contributed by atoms with van der Waals surface area (Å²) in [5.41, 5.74) is 2.19. The fourth-order valence-corrected chi connectivity index (χ4v) is 2.58. The lowest BCUT2D eigenvalue weighted by Gasteiger charge is -2.40. The summed E-state index contributed by atoms with van der Waals surface area (Å²) >= 11 is 0. The van der Waals surface area contributed by atoms with Crippen LogP contribution in [-0.4, -0.2) is 32.3 Å². The first-order valence-corrected chi connectivity index (χ1v) is 7.08. The molecule has 110 valence electrons. The van der Waals surface area contributed by atoms with E-state index in [2.05, 4.69) is 5.32 Å². The molecular formula is C16H23NO3. The van der Waals surface area contributed by atoms with Crippen LogP contribution >= 0.6 is 0 Å². The first-order chi connectivity index (χ1) is 9.69. The van der Waals surface area contributed by atoms with Crippen LogP contribution in [0.5, 0.6) is 0 Å². The van der Waals surface area contributed by atoms with E-state index in [1.165, 1.54) is 13.5 Å². The number of hydrogen-bond acceptors (Lipinski definition) is 4. The highest BCUT2D eigenvalue weighted by molar-refractivity contribution is 5.72. The van der Waals surface area contributed by atoms with Crippen LogP contribution in [0.1, 0.15) is 30.4 Å². The molecule has 0 atom stereocenters. The number of benzene rings is 1. The molecule has 1 aliphatic rings. The number of methoxy groups -OCH3 is 2. The van der Waals surface area contributed by atoms with Gasteiger partial charge in [0, 0.05) is 20.2 Å². The summed E-state index contributed by atoms with van der Waals surface area (Å²) in [6, 6.07) is 7.96. The Bertz CT molecular complexity index is 449. The van der Waals surface area contributed by atoms with E-state index in [-0.39, 0.29) is 11.6 Å². The molecule has 20 heavy (non-hydrogen) atoms. The van der Waals surface area contributed by atoms with E-state index in [4.69, 9.17) is 9.47 Å². The molecule has 0 heterocycles. The van der Waals surface area contributed by atoms with Crippen LogP contribution in [0.25, 0.3) is 0 Å². The van der Waals surface area contributed by atoms with E-state index >= 15 is 0 Å². The second-order valence-electron chi connectivity index (χ2n) is 5.37. The molecular weight excluding hydrogens is 254 g/mol. The summed E-state index contributed by atoms with van der Waals surface area (Å²) in [6.07, 6.45) is 3.82. The van der Waals surface area contributed by atoms with Crippen molar-refractivity contribution in [3.8, 4) is 0 Å². The smallest absolute Gasteiger partial charge is 0.309 e. The first kappa shape index (κ1) is 15.0. The van der Waals surface area contributed by atoms with Gasteiger partial charge in [-0.05, 0) is 30.4 Å². The maximum absolute atomic E-state index is 11.4. The SMILES string of the molecule is COC(=O)Cc1ccccc1CNCC1(OC)CCC1. The van der Waals surface area contributed by atoms with Gasteiger partial charge in [-0.2, -0.15) is 0 Å². The number of carbonyl (C=O) groups excluding carboxylic acids is 1. The van der Waals surface area contributed by atoms with E-state index in [9.17, 15) is 4.79 Å². The van der Waals surface area contributed by atoms with Gasteiger partial charge >= 0.3 is 5.97 Å². The minimum absolute atomic E-state index is 0.0251. The molecule has 0 bridgehead atoms. The molecule has 0 unspecified atom stereocenters. The van der Waals surface area contributed by atoms with Gasteiger partial charge < -0.3 is 14.8 Å². The molecule has 1 aromatic carbocycles. The summed E-state index contributed by atoms with van der Waals surface area (Å²) < 4.78 is 10.3. The van der Waals surface area contributed by atoms with Gasteiger partial charge in [0.25, 0.3) is 0 Å². The topological polar surface area (TPSA) is 47.6 Å². The molecule has 4 nitrogen and oxygen atoms in total. The van der Waals surface area contributed by atoms with Crippen molar-refractivity contribution in [1.29, 1.82) is 0 Å². The summed E-state index contributed by atoms with van der Waals surface area (Å²) in [6.45, 7) is 1.61. The number of hydrogen-bond donors (Lipinski definition) is 1. The van der Waals surface area contributed by atoms with Crippen LogP contribution in [0.3, 0.4) is 0 Å². The minimum Gasteiger partial charge on any atom is -0.469 e. The second-order valence-corrected chi connectivity index (χ2v) is 5.37. The molecule has 0 amide bonds. The normalized spacial score (nSPS) is 16.5. The largest absolute Gasteiger partial charge is 0.469 e. The van der Waals surface area contributed by atoms with E-state index in [0.29, 0.717) is 6.42 Å². The molecule has 0 spiro atoms. The van der Waals surface area contributed by atoms with Crippen LogP contribution < -0.4 is 5.32 Å². The molecule has 0 aliphatic heterocycles. The highest BCUT2D eigenvalue weighted by atomic mass is 16.5. The summed E-state index contributed by atoms with van der Waals surface area (Å²) in [7, 11) is 3.20. The van der Waals surface area contributed by atoms with Gasteiger partial charge in [0.05, 0.1) is 19.1 Å². The Kier molecular flexibility index (Phi) is 5.15. The van der Waals surface area contributed by atoms with Crippen molar-refractivity contribution in [3.63, 3.8) is 0 Å². The molecule has 4 heteroatoms. The zero-order chi connectivity index (χ0) is 14.4. The zero-order valence-corrected chi connectivity index (χ0v) is 12.3. The summed E-state index contributed by atoms with van der Waals surface area (Å²) in [4.78, 5) is 11.4. The maximum Gasteiger partial charge on any atom is 0.309 e. The van der Waals surface area contributed by atoms with Crippen LogP contribution in [0.4, 0.5) is 0 Å². The monoisotopic (exact) mass is 277 g/mol. The fourth-order valence-electron chi connectivity index (χ4n) is 2.58. The van der Waals surface area contributed by atoms with Crippen LogP contribution in [0, 0.1) is 0 Å². The second kappa shape index (κ2) is 6.86. The summed E-state index contributed by atoms with van der Waals surface area (Å²) in [5.74, 6) is -0.204. The van der Waals surface area contributed by atoms with Crippen molar-refractivity contribution < 1.29 is 14.3 Å². The average molecular weight is 277 g/mol. The van der Waals surface area contributed by atoms with Crippen molar-refractivity contribution in [2.24, 2.45) is 0 Å². The lowest BCUT2D eigenvalue weighted by Crippen LogP contribution is -2.47. The highest BCUT2D eigenvalue weighted by Gasteiger charge is 2.36. The quantitative estimate of drug-likeness (QED) is 0.775. The van der Waals surface area contributed by atoms with E-state index in [1.807, 2.05) is 24.3 Å². The van der Waals surface area contributed by atoms with Crippen LogP contribution in [0.2, 0.25) is 0 Å². The van der Waals surface area contributed by atoms with Crippen LogP contribution in [0.15, 0.2) is 24.3 Å². The molecule has 0 aromatic heterocycles. The van der Waals surface area contributed by atoms with E-state index in [0.717, 1.165) is 37.1 Å². The summed E-state index contributed by atoms with van der Waals surface area (Å²) in [5, 5.41) is 3.45. The molecule has 1 fully saturated rings. The van der Waals surface area contributed by atoms with Gasteiger partial charge in [-0.3, -0.25) is 4.79 Å². The molecule has 1 aliphatic carbocycles. The standard InChI is InChI=1S/C16H23NO3/c1-19-15(18)10-13-6-3-4-7-14(13)11-17-12-16(20-2)8-5-9-16/h3-4,6-7,17H,5,8-12H2,1-2H3. The Hall–Kier alpha value is -1.39. The number of nitrogens with one attached hydrogen (secondary N) is 1. The Labute approximate surface area is 120 Å². The van der Waals surface area contributed by atoms with Crippen molar-refractivity contribution in [3.05, 3.63) is 35.4 Å². The van der Waals surface area contributed by atoms with Crippen molar-refractivity contribution in [2.75, 3.05) is 20.8 Å². The van der Waals surface area contributed by atoms with Crippen molar-refractivity contribution in [1.82, 2.24) is 5.32 Å². The third-order valence-electron chi connectivity index (χ3n) is 4.14. The van der Waals surface area contributed by atoms with E-state index < -0.39 is 0 Å². The predicted molar refractivity (Wildman–Crippen MR) is 77.5 cm³/mol. The Morgan fingerprint density at radius 3 is 2.50 bits per heavy atom. The highest BCUT2D eigenvalue weighted by Crippen LogP contribution is 2.34. The molecule has 1 saturated carbocycles. The minimum atomic E-state index is -0.204. The maximum atomic E-state index is 11.4. The van der Waals surface area contributed by atoms with Gasteiger partial charge in [-0.1, -0.05) is 24.3 Å². The Morgan fingerprint density at radius 1 is 1.25 bits per heavy atom. The third-order valence-corrected chi connectivity index (χ3v) is 4.14. The van der Waals surface area contributed by atoms with Gasteiger partial charge in [0.1, 0.15) is 0 Å². The third kappa shape index (κ3) is 3.58. The van der Waals surface area contributed by atoms with Crippen molar-refractivity contribution >= 4 is 5.97 Å². The zero-order valence-electron chi connectivity index (χ0n) is 12.3. The first-order valence-electron chi connectivity index (χ1n) is 7.08. The van der Waals surface area contributed by atoms with Crippen LogP contribution in [-0.2, 0) is 27.2 Å². The lowest BCUT2D eigenvalue weighted by molar-refractivity contribution is -0.139. The number of esters is 1. The number of ether oxygens (including phenoxy) is 2. The number of carbonyl (C=O) groups is 1. The molecule has 1 aromatic rings. The average Bonchev–Trinajstić information content (AvgIpc) is 2.43. The predicted octanol–water partition coefficient (Wildman–Crippen LogP) is 2.06. The lowest BCUT2D eigenvalue weighted by atomic mass is 9.80. The molecule has 0 saturated heterocycles. The van der Waals surface area contributed by atoms with Gasteiger partial charge in [-0.25, -0.2) is 0 Å². The Balaban J connectivity index is 1.90. The van der Waals surface area contributed by atoms with Gasteiger partial charge in [-0.15, -0.1) is 0 Å². The fraction of sp³-hybridized carbons (Fsp3) is 0.562. The van der Waals surface area contributed by atoms with E-state index in [1.54, 1.807) is 7.11 Å². The molecule has 0 radical (unpaired) electrons. The molecule has 2 rings (SSSR count). The Morgan fingerprint density at radius 2 is 1.95 bits per heavy atom. The van der Waals surface area contributed by atoms with Crippen molar-refractivity contribution in [2.45, 2.75) is 37.8 Å². The number of rotatable bonds is 7. The van der Waals surface area contributed by atoms with Gasteiger partial charge in [0.2, 0.25) is 0 Å². The molecule has 1 N–H and O–H groups in total. The van der Waals surface area contributed by atoms with Gasteiger partial charge in [0.15, 0.2) is 0 Å².